The molecule has 1 fully saturated rings. The average Bonchev–Trinajstić information content (AvgIpc) is 2.80. The molecule has 136 valence electrons. The van der Waals surface area contributed by atoms with Crippen LogP contribution in [0.25, 0.3) is 0 Å². The zero-order valence-electron chi connectivity index (χ0n) is 14.7. The van der Waals surface area contributed by atoms with Crippen molar-refractivity contribution in [3.05, 3.63) is 35.9 Å². The van der Waals surface area contributed by atoms with E-state index in [2.05, 4.69) is 0 Å². The minimum atomic E-state index is -0.871. The molecule has 3 amide bonds. The van der Waals surface area contributed by atoms with Crippen LogP contribution in [0.15, 0.2) is 30.3 Å². The molecule has 0 radical (unpaired) electrons. The summed E-state index contributed by atoms with van der Waals surface area (Å²) >= 11 is 5.78. The zero-order valence-corrected chi connectivity index (χ0v) is 15.5. The lowest BCUT2D eigenvalue weighted by Crippen LogP contribution is -2.48. The monoisotopic (exact) mass is 366 g/mol. The van der Waals surface area contributed by atoms with Crippen LogP contribution in [0.2, 0.25) is 0 Å². The molecule has 1 atom stereocenters. The third-order valence-electron chi connectivity index (χ3n) is 3.73. The fraction of sp³-hybridized carbons (Fsp3) is 0.500. The van der Waals surface area contributed by atoms with Gasteiger partial charge in [0.05, 0.1) is 13.0 Å². The lowest BCUT2D eigenvalue weighted by Gasteiger charge is -2.30. The Kier molecular flexibility index (Phi) is 6.06. The second-order valence-electron chi connectivity index (χ2n) is 6.89. The van der Waals surface area contributed by atoms with E-state index in [1.807, 2.05) is 30.3 Å². The molecule has 1 saturated heterocycles. The van der Waals surface area contributed by atoms with E-state index in [0.717, 1.165) is 5.56 Å². The number of rotatable bonds is 5. The number of hydrogen-bond acceptors (Lipinski definition) is 4. The van der Waals surface area contributed by atoms with Gasteiger partial charge in [-0.1, -0.05) is 30.3 Å². The van der Waals surface area contributed by atoms with Crippen molar-refractivity contribution in [3.63, 3.8) is 0 Å². The number of nitrogens with zero attached hydrogens (tertiary/aromatic N) is 2. The van der Waals surface area contributed by atoms with Crippen LogP contribution in [-0.4, -0.2) is 51.8 Å². The zero-order chi connectivity index (χ0) is 18.6. The van der Waals surface area contributed by atoms with E-state index in [1.165, 1.54) is 9.80 Å². The molecule has 1 aliphatic rings. The Bertz CT molecular complexity index is 642. The minimum absolute atomic E-state index is 0.0538. The fourth-order valence-corrected chi connectivity index (χ4v) is 2.81. The van der Waals surface area contributed by atoms with Crippen molar-refractivity contribution in [3.8, 4) is 0 Å². The fourth-order valence-electron chi connectivity index (χ4n) is 2.63. The predicted molar refractivity (Wildman–Crippen MR) is 94.1 cm³/mol. The highest BCUT2D eigenvalue weighted by Gasteiger charge is 2.44. The topological polar surface area (TPSA) is 66.9 Å². The van der Waals surface area contributed by atoms with Gasteiger partial charge in [0.25, 0.3) is 5.91 Å². The molecule has 1 unspecified atom stereocenters. The van der Waals surface area contributed by atoms with Crippen LogP contribution in [0.5, 0.6) is 0 Å². The van der Waals surface area contributed by atoms with E-state index >= 15 is 0 Å². The van der Waals surface area contributed by atoms with Crippen molar-refractivity contribution in [2.24, 2.45) is 0 Å². The molecule has 7 heteroatoms. The highest BCUT2D eigenvalue weighted by atomic mass is 35.5. The maximum atomic E-state index is 12.7. The highest BCUT2D eigenvalue weighted by molar-refractivity contribution is 6.18. The van der Waals surface area contributed by atoms with Crippen LogP contribution < -0.4 is 0 Å². The summed E-state index contributed by atoms with van der Waals surface area (Å²) in [4.78, 5) is 39.9. The number of amides is 3. The summed E-state index contributed by atoms with van der Waals surface area (Å²) in [5, 5.41) is 0. The van der Waals surface area contributed by atoms with Gasteiger partial charge >= 0.3 is 6.09 Å². The van der Waals surface area contributed by atoms with E-state index in [0.29, 0.717) is 0 Å². The number of likely N-dealkylation sites (tertiary alicyclic amines) is 1. The minimum Gasteiger partial charge on any atom is -0.444 e. The number of carbonyl (C=O) groups is 3. The Morgan fingerprint density at radius 3 is 2.48 bits per heavy atom. The van der Waals surface area contributed by atoms with Crippen molar-refractivity contribution in [2.75, 3.05) is 12.4 Å². The summed E-state index contributed by atoms with van der Waals surface area (Å²) in [6.07, 6.45) is -0.692. The molecule has 0 bridgehead atoms. The van der Waals surface area contributed by atoms with E-state index in [4.69, 9.17) is 16.3 Å². The third kappa shape index (κ3) is 4.95. The van der Waals surface area contributed by atoms with Crippen molar-refractivity contribution in [1.82, 2.24) is 9.80 Å². The van der Waals surface area contributed by atoms with Gasteiger partial charge in [-0.25, -0.2) is 4.79 Å². The first-order valence-electron chi connectivity index (χ1n) is 8.16. The molecule has 0 aromatic heterocycles. The van der Waals surface area contributed by atoms with Gasteiger partial charge in [0.2, 0.25) is 5.91 Å². The molecule has 6 nitrogen and oxygen atoms in total. The van der Waals surface area contributed by atoms with Crippen LogP contribution in [0, 0.1) is 0 Å². The summed E-state index contributed by atoms with van der Waals surface area (Å²) in [6, 6.07) is 8.38. The molecule has 1 aromatic rings. The van der Waals surface area contributed by atoms with Crippen molar-refractivity contribution in [1.29, 1.82) is 0 Å². The van der Waals surface area contributed by atoms with Crippen LogP contribution in [0.1, 0.15) is 32.8 Å². The molecule has 25 heavy (non-hydrogen) atoms. The SMILES string of the molecule is CC(C)(C)OC(=O)N(CCCl)C1CC(=O)N(Cc2ccccc2)C1=O. The van der Waals surface area contributed by atoms with E-state index in [9.17, 15) is 14.4 Å². The Hall–Kier alpha value is -2.08. The van der Waals surface area contributed by atoms with Crippen molar-refractivity contribution in [2.45, 2.75) is 45.4 Å². The number of halogens is 1. The Morgan fingerprint density at radius 2 is 1.92 bits per heavy atom. The van der Waals surface area contributed by atoms with Gasteiger partial charge < -0.3 is 4.74 Å². The first-order valence-corrected chi connectivity index (χ1v) is 8.70. The van der Waals surface area contributed by atoms with Crippen LogP contribution in [-0.2, 0) is 20.9 Å². The summed E-state index contributed by atoms with van der Waals surface area (Å²) in [5.41, 5.74) is 0.155. The average molecular weight is 367 g/mol. The normalized spacial score (nSPS) is 17.8. The number of imide groups is 1. The third-order valence-corrected chi connectivity index (χ3v) is 3.90. The van der Waals surface area contributed by atoms with Gasteiger partial charge in [0, 0.05) is 12.4 Å². The highest BCUT2D eigenvalue weighted by Crippen LogP contribution is 2.23. The standard InChI is InChI=1S/C18H23ClN2O4/c1-18(2,3)25-17(24)20(10-9-19)14-11-15(22)21(16(14)23)12-13-7-5-4-6-8-13/h4-8,14H,9-12H2,1-3H3. The molecule has 0 saturated carbocycles. The quantitative estimate of drug-likeness (QED) is 0.593. The Labute approximate surface area is 152 Å². The summed E-state index contributed by atoms with van der Waals surface area (Å²) in [6.45, 7) is 5.56. The molecule has 0 spiro atoms. The van der Waals surface area contributed by atoms with Gasteiger partial charge in [-0.3, -0.25) is 19.4 Å². The van der Waals surface area contributed by atoms with Gasteiger partial charge in [-0.15, -0.1) is 11.6 Å². The number of alkyl halides is 1. The van der Waals surface area contributed by atoms with Gasteiger partial charge in [-0.2, -0.15) is 0 Å². The van der Waals surface area contributed by atoms with Gasteiger partial charge in [0.15, 0.2) is 0 Å². The van der Waals surface area contributed by atoms with E-state index < -0.39 is 23.6 Å². The van der Waals surface area contributed by atoms with E-state index in [-0.39, 0.29) is 31.3 Å². The number of carbonyl (C=O) groups excluding carboxylic acids is 3. The smallest absolute Gasteiger partial charge is 0.411 e. The molecule has 0 N–H and O–H groups in total. The first kappa shape index (κ1) is 19.2. The molecule has 0 aliphatic carbocycles. The molecule has 1 aliphatic heterocycles. The predicted octanol–water partition coefficient (Wildman–Crippen LogP) is 2.79. The second-order valence-corrected chi connectivity index (χ2v) is 7.26. The van der Waals surface area contributed by atoms with Crippen LogP contribution in [0.3, 0.4) is 0 Å². The van der Waals surface area contributed by atoms with Gasteiger partial charge in [0.1, 0.15) is 11.6 Å². The summed E-state index contributed by atoms with van der Waals surface area (Å²) in [5.74, 6) is -0.553. The molecular formula is C18H23ClN2O4. The number of ether oxygens (including phenoxy) is 1. The summed E-state index contributed by atoms with van der Waals surface area (Å²) < 4.78 is 5.35. The van der Waals surface area contributed by atoms with Crippen LogP contribution >= 0.6 is 11.6 Å². The maximum Gasteiger partial charge on any atom is 0.411 e. The van der Waals surface area contributed by atoms with Crippen molar-refractivity contribution < 1.29 is 19.1 Å². The molecule has 2 rings (SSSR count). The number of benzene rings is 1. The lowest BCUT2D eigenvalue weighted by molar-refractivity contribution is -0.140. The largest absolute Gasteiger partial charge is 0.444 e. The van der Waals surface area contributed by atoms with E-state index in [1.54, 1.807) is 20.8 Å². The number of hydrogen-bond donors (Lipinski definition) is 0. The molecular weight excluding hydrogens is 344 g/mol. The van der Waals surface area contributed by atoms with Gasteiger partial charge in [-0.05, 0) is 26.3 Å². The lowest BCUT2D eigenvalue weighted by atomic mass is 10.2. The molecule has 1 heterocycles. The van der Waals surface area contributed by atoms with Crippen molar-refractivity contribution >= 4 is 29.5 Å². The second kappa shape index (κ2) is 7.87. The van der Waals surface area contributed by atoms with Crippen LogP contribution in [0.4, 0.5) is 4.79 Å². The first-order chi connectivity index (χ1) is 11.7. The summed E-state index contributed by atoms with van der Waals surface area (Å²) in [7, 11) is 0. The Morgan fingerprint density at radius 1 is 1.28 bits per heavy atom. The molecule has 1 aromatic carbocycles. The Balaban J connectivity index is 2.15. The maximum absolute atomic E-state index is 12.7.